The third-order valence-electron chi connectivity index (χ3n) is 21.3. The number of unbranched alkanes of at least 4 members (excludes halogenated alkanes) is 3. The first-order valence-electron chi connectivity index (χ1n) is 38.1. The molecular formula is C86H100N12O16. The van der Waals surface area contributed by atoms with Crippen LogP contribution in [0.25, 0.3) is 44.6 Å². The molecule has 6 atom stereocenters. The summed E-state index contributed by atoms with van der Waals surface area (Å²) in [7, 11) is 6.70. The highest BCUT2D eigenvalue weighted by molar-refractivity contribution is 5.97. The van der Waals surface area contributed by atoms with Gasteiger partial charge in [0, 0.05) is 71.4 Å². The lowest BCUT2D eigenvalue weighted by Crippen LogP contribution is -2.38. The van der Waals surface area contributed by atoms with E-state index in [1.165, 1.54) is 39.8 Å². The molecule has 3 amide bonds. The van der Waals surface area contributed by atoms with E-state index in [2.05, 4.69) is 96.0 Å². The van der Waals surface area contributed by atoms with Crippen LogP contribution in [0.1, 0.15) is 128 Å². The van der Waals surface area contributed by atoms with Crippen LogP contribution < -0.4 is 20.1 Å². The van der Waals surface area contributed by atoms with E-state index in [0.29, 0.717) is 85.3 Å². The summed E-state index contributed by atoms with van der Waals surface area (Å²) in [6.45, 7) is 4.85. The van der Waals surface area contributed by atoms with E-state index in [9.17, 15) is 24.6 Å². The summed E-state index contributed by atoms with van der Waals surface area (Å²) in [5, 5.41) is 27.6. The number of benzene rings is 7. The maximum atomic E-state index is 13.2. The molecule has 2 aliphatic carbocycles. The molecule has 0 radical (unpaired) electrons. The topological polar surface area (TPSA) is 378 Å². The van der Waals surface area contributed by atoms with Crippen molar-refractivity contribution in [1.29, 1.82) is 0 Å². The van der Waals surface area contributed by atoms with Crippen molar-refractivity contribution in [2.75, 3.05) is 91.6 Å². The minimum absolute atomic E-state index is 0. The Kier molecular flexibility index (Phi) is 28.6. The molecule has 11 aromatic rings. The number of hydrogen-bond acceptors (Lipinski definition) is 20. The molecule has 4 aliphatic rings. The predicted octanol–water partition coefficient (Wildman–Crippen LogP) is 11.4. The normalized spacial score (nSPS) is 17.2. The van der Waals surface area contributed by atoms with Crippen molar-refractivity contribution < 1.29 is 78.9 Å². The second kappa shape index (κ2) is 39.0. The first-order valence-corrected chi connectivity index (χ1v) is 38.1. The number of carbonyl (C=O) groups is 3. The van der Waals surface area contributed by atoms with Gasteiger partial charge in [-0.15, -0.1) is 0 Å². The van der Waals surface area contributed by atoms with Gasteiger partial charge < -0.3 is 85.0 Å². The SMILES string of the molecule is CCCCCOC1C[C@H](n2cnc3c(NCCCCN(C)C(=O)OCC4c5ccccc5-c5ccccc54)ncnc32)O[C@@H]1CO.COc1ccc(C(OC[C@H]2O[C@@H](n3cnc4c(NC(=O)CCCN(C)C(=O)OCC5c6ccccc6-c6ccccc65)ncnc43)CC2O)(c2ccccc2)c2ccc(OC)cc2)cc1.O.O.O. The number of imidazole rings is 2. The number of aliphatic hydroxyl groups is 2. The maximum absolute atomic E-state index is 13.2. The minimum Gasteiger partial charge on any atom is -0.497 e. The van der Waals surface area contributed by atoms with Crippen molar-refractivity contribution in [2.24, 2.45) is 0 Å². The molecule has 0 bridgehead atoms. The molecule has 28 heteroatoms. The molecule has 0 spiro atoms. The number of carbonyl (C=O) groups excluding carboxylic acids is 3. The van der Waals surface area contributed by atoms with Gasteiger partial charge in [0.15, 0.2) is 34.0 Å². The molecule has 0 saturated carbocycles. The summed E-state index contributed by atoms with van der Waals surface area (Å²) in [6, 6.07) is 58.5. The van der Waals surface area contributed by atoms with Crippen LogP contribution in [0.3, 0.4) is 0 Å². The number of nitrogens with zero attached hydrogens (tertiary/aromatic N) is 10. The molecule has 2 unspecified atom stereocenters. The summed E-state index contributed by atoms with van der Waals surface area (Å²) in [5.41, 5.74) is 13.1. The quantitative estimate of drug-likeness (QED) is 0.0232. The lowest BCUT2D eigenvalue weighted by Gasteiger charge is -2.37. The third kappa shape index (κ3) is 18.2. The molecule has 6 heterocycles. The van der Waals surface area contributed by atoms with Gasteiger partial charge in [-0.25, -0.2) is 39.5 Å². The largest absolute Gasteiger partial charge is 0.497 e. The van der Waals surface area contributed by atoms with Gasteiger partial charge in [0.1, 0.15) is 67.6 Å². The first kappa shape index (κ1) is 83.6. The Labute approximate surface area is 661 Å². The Morgan fingerprint density at radius 2 is 1.00 bits per heavy atom. The summed E-state index contributed by atoms with van der Waals surface area (Å²) < 4.78 is 51.9. The highest BCUT2D eigenvalue weighted by Crippen LogP contribution is 2.48. The van der Waals surface area contributed by atoms with Crippen molar-refractivity contribution in [3.05, 3.63) is 240 Å². The van der Waals surface area contributed by atoms with Crippen LogP contribution in [0, 0.1) is 0 Å². The first-order chi connectivity index (χ1) is 54.3. The second-order valence-corrected chi connectivity index (χ2v) is 28.2. The molecule has 2 saturated heterocycles. The van der Waals surface area contributed by atoms with Crippen molar-refractivity contribution in [2.45, 2.75) is 119 Å². The van der Waals surface area contributed by atoms with Gasteiger partial charge >= 0.3 is 12.2 Å². The number of ether oxygens (including phenoxy) is 8. The number of anilines is 2. The van der Waals surface area contributed by atoms with Crippen molar-refractivity contribution >= 4 is 52.1 Å². The number of aromatic nitrogens is 8. The van der Waals surface area contributed by atoms with Gasteiger partial charge in [0.25, 0.3) is 0 Å². The van der Waals surface area contributed by atoms with Gasteiger partial charge in [-0.3, -0.25) is 13.9 Å². The third-order valence-corrected chi connectivity index (χ3v) is 21.3. The molecule has 4 aromatic heterocycles. The highest BCUT2D eigenvalue weighted by Gasteiger charge is 2.43. The smallest absolute Gasteiger partial charge is 0.409 e. The van der Waals surface area contributed by atoms with E-state index in [4.69, 9.17) is 37.9 Å². The highest BCUT2D eigenvalue weighted by atomic mass is 16.6. The number of aliphatic hydroxyl groups excluding tert-OH is 2. The van der Waals surface area contributed by atoms with E-state index in [0.717, 1.165) is 71.0 Å². The average Bonchev–Trinajstić information content (AvgIpc) is 0.779. The van der Waals surface area contributed by atoms with Gasteiger partial charge in [-0.2, -0.15) is 0 Å². The zero-order valence-electron chi connectivity index (χ0n) is 64.5. The lowest BCUT2D eigenvalue weighted by atomic mass is 9.80. The zero-order chi connectivity index (χ0) is 76.8. The Morgan fingerprint density at radius 1 is 0.535 bits per heavy atom. The van der Waals surface area contributed by atoms with Crippen molar-refractivity contribution in [3.8, 4) is 33.8 Å². The molecule has 600 valence electrons. The van der Waals surface area contributed by atoms with Gasteiger partial charge in [0.05, 0.1) is 52.3 Å². The van der Waals surface area contributed by atoms with Crippen LogP contribution >= 0.6 is 0 Å². The fourth-order valence-corrected chi connectivity index (χ4v) is 15.4. The maximum Gasteiger partial charge on any atom is 0.409 e. The van der Waals surface area contributed by atoms with E-state index in [1.807, 2.05) is 132 Å². The molecule has 28 nitrogen and oxygen atoms in total. The zero-order valence-corrected chi connectivity index (χ0v) is 64.5. The van der Waals surface area contributed by atoms with Crippen molar-refractivity contribution in [1.82, 2.24) is 48.8 Å². The van der Waals surface area contributed by atoms with Crippen LogP contribution in [0.5, 0.6) is 11.5 Å². The van der Waals surface area contributed by atoms with E-state index in [1.54, 1.807) is 50.4 Å². The Morgan fingerprint density at radius 3 is 1.51 bits per heavy atom. The Bertz CT molecular complexity index is 4840. The van der Waals surface area contributed by atoms with E-state index in [-0.39, 0.29) is 97.2 Å². The molecule has 10 N–H and O–H groups in total. The molecule has 2 fully saturated rings. The fraction of sp³-hybridized carbons (Fsp3) is 0.360. The monoisotopic (exact) mass is 1560 g/mol. The molecule has 7 aromatic carbocycles. The fourth-order valence-electron chi connectivity index (χ4n) is 15.4. The second-order valence-electron chi connectivity index (χ2n) is 28.2. The predicted molar refractivity (Wildman–Crippen MR) is 430 cm³/mol. The number of fused-ring (bicyclic) bond motifs is 8. The minimum atomic E-state index is -1.10. The molecule has 2 aliphatic heterocycles. The Balaban J connectivity index is 0.000000231. The van der Waals surface area contributed by atoms with E-state index >= 15 is 0 Å². The van der Waals surface area contributed by atoms with E-state index < -0.39 is 30.1 Å². The van der Waals surface area contributed by atoms with Crippen LogP contribution in [-0.4, -0.2) is 199 Å². The van der Waals surface area contributed by atoms with Gasteiger partial charge in [-0.05, 0) is 111 Å². The summed E-state index contributed by atoms with van der Waals surface area (Å²) >= 11 is 0. The lowest BCUT2D eigenvalue weighted by molar-refractivity contribution is -0.116. The number of hydrogen-bond donors (Lipinski definition) is 4. The van der Waals surface area contributed by atoms with Crippen LogP contribution in [-0.2, 0) is 38.8 Å². The Hall–Kier alpha value is -11.3. The van der Waals surface area contributed by atoms with Crippen LogP contribution in [0.4, 0.5) is 21.2 Å². The average molecular weight is 1560 g/mol. The molecule has 114 heavy (non-hydrogen) atoms. The number of methoxy groups -OCH3 is 2. The summed E-state index contributed by atoms with van der Waals surface area (Å²) in [5.74, 6) is 2.02. The van der Waals surface area contributed by atoms with Crippen molar-refractivity contribution in [3.63, 3.8) is 0 Å². The molecule has 15 rings (SSSR count). The van der Waals surface area contributed by atoms with Crippen LogP contribution in [0.2, 0.25) is 0 Å². The standard InChI is InChI=1S/C51H50N6O8.C35H44N6O5.3H2O/c1-56(50(60)63-29-42-40-16-9-7-14-38(40)39-15-8-10-17-41(39)42)27-11-18-45(59)55-48-47-49(53-31-52-48)57(32-54-47)46-28-43(58)44(65-46)30-64-51(33-12-5-4-6-13-33,34-19-23-36(61-2)24-20-34)35-21-25-37(62-3)26-22-35;1-3-4-11-18-44-29-19-31(46-30(29)20-42)41-23-39-32-33(37-22-38-34(32)41)36-16-9-10-17-40(2)35(43)45-21-28-26-14-7-5-12-24(26)25-13-6-8-15-27(25)28;;;/h4-10,12-17,19-26,31-32,42-44,46,58H,11,18,27-30H2,1-3H3,(H,52,53,55,59);5-8,12-15,22-23,28-31,42H,3-4,9-11,16-21H2,1-2H3,(H,36,37,38);3*1H2/t43?,44-,46-;29?,30-,31-;;;/m11.../s1. The number of amides is 3. The van der Waals surface area contributed by atoms with Crippen LogP contribution in [0.15, 0.2) is 201 Å². The summed E-state index contributed by atoms with van der Waals surface area (Å²) in [4.78, 5) is 69.0. The summed E-state index contributed by atoms with van der Waals surface area (Å²) in [6.07, 6.45) is 8.54. The van der Waals surface area contributed by atoms with Gasteiger partial charge in [0.2, 0.25) is 5.91 Å². The van der Waals surface area contributed by atoms with Gasteiger partial charge in [-0.1, -0.05) is 171 Å². The number of rotatable bonds is 31. The number of nitrogens with one attached hydrogen (secondary N) is 2. The molecular weight excluding hydrogens is 1460 g/mol.